The molecule has 0 amide bonds. The van der Waals surface area contributed by atoms with Gasteiger partial charge in [-0.05, 0) is 62.4 Å². The summed E-state index contributed by atoms with van der Waals surface area (Å²) < 4.78 is 73.4. The Morgan fingerprint density at radius 3 is 1.04 bits per heavy atom. The highest BCUT2D eigenvalue weighted by atomic mass is 32.2. The highest BCUT2D eigenvalue weighted by Crippen LogP contribution is 2.31. The molecule has 0 saturated carbocycles. The second-order valence-corrected chi connectivity index (χ2v) is 13.6. The quantitative estimate of drug-likeness (QED) is 0.171. The lowest BCUT2D eigenvalue weighted by Gasteiger charge is -2.29. The van der Waals surface area contributed by atoms with Gasteiger partial charge in [0, 0.05) is 49.4 Å². The van der Waals surface area contributed by atoms with Gasteiger partial charge in [0.1, 0.15) is 23.0 Å². The molecule has 0 bridgehead atoms. The van der Waals surface area contributed by atoms with Crippen LogP contribution in [-0.2, 0) is 20.2 Å². The molecule has 0 radical (unpaired) electrons. The summed E-state index contributed by atoms with van der Waals surface area (Å²) in [4.78, 5) is 14.1. The SMILES string of the molecule is CCN(CCN(CC)c1ccc(-c2cc(OC)cc(OC)c2)nc1)c1ccc(-c2cc(OC)cc(OC)c2)nc1.CS(=O)(=O)O.CS(=O)(=O)O. The molecule has 16 heteroatoms. The number of benzene rings is 2. The molecule has 14 nitrogen and oxygen atoms in total. The first-order valence-corrected chi connectivity index (χ1v) is 18.9. The normalized spacial score (nSPS) is 10.8. The number of hydrogen-bond acceptors (Lipinski definition) is 12. The minimum absolute atomic E-state index is 0.715. The molecular weight excluding hydrogens is 689 g/mol. The zero-order chi connectivity index (χ0) is 37.5. The van der Waals surface area contributed by atoms with Crippen molar-refractivity contribution < 1.29 is 44.9 Å². The van der Waals surface area contributed by atoms with Crippen LogP contribution in [0.25, 0.3) is 22.5 Å². The van der Waals surface area contributed by atoms with E-state index >= 15 is 0 Å². The fourth-order valence-electron chi connectivity index (χ4n) is 4.58. The van der Waals surface area contributed by atoms with Crippen molar-refractivity contribution in [2.75, 3.05) is 76.9 Å². The van der Waals surface area contributed by atoms with Crippen LogP contribution in [0.1, 0.15) is 13.8 Å². The second-order valence-electron chi connectivity index (χ2n) is 10.6. The maximum Gasteiger partial charge on any atom is 0.261 e. The monoisotopic (exact) mass is 734 g/mol. The van der Waals surface area contributed by atoms with Crippen LogP contribution in [0.2, 0.25) is 0 Å². The number of likely N-dealkylation sites (N-methyl/N-ethyl adjacent to an activating group) is 2. The third kappa shape index (κ3) is 14.9. The van der Waals surface area contributed by atoms with E-state index in [1.807, 2.05) is 60.9 Å². The minimum atomic E-state index is -3.67. The van der Waals surface area contributed by atoms with Crippen LogP contribution >= 0.6 is 0 Å². The van der Waals surface area contributed by atoms with Gasteiger partial charge < -0.3 is 28.7 Å². The molecule has 2 N–H and O–H groups in total. The van der Waals surface area contributed by atoms with Crippen molar-refractivity contribution in [2.24, 2.45) is 0 Å². The van der Waals surface area contributed by atoms with Crippen LogP contribution in [0, 0.1) is 0 Å². The Morgan fingerprint density at radius 1 is 0.560 bits per heavy atom. The smallest absolute Gasteiger partial charge is 0.261 e. The van der Waals surface area contributed by atoms with E-state index < -0.39 is 20.2 Å². The van der Waals surface area contributed by atoms with Gasteiger partial charge in [0.25, 0.3) is 20.2 Å². The molecule has 2 aromatic heterocycles. The van der Waals surface area contributed by atoms with Gasteiger partial charge in [-0.2, -0.15) is 16.8 Å². The molecular formula is C34H46N4O10S2. The summed E-state index contributed by atoms with van der Waals surface area (Å²) >= 11 is 0. The Labute approximate surface area is 295 Å². The Morgan fingerprint density at radius 2 is 0.840 bits per heavy atom. The van der Waals surface area contributed by atoms with Crippen molar-refractivity contribution >= 4 is 31.6 Å². The lowest BCUT2D eigenvalue weighted by atomic mass is 10.1. The molecule has 2 heterocycles. The van der Waals surface area contributed by atoms with Crippen LogP contribution < -0.4 is 28.7 Å². The number of hydrogen-bond donors (Lipinski definition) is 2. The Kier molecular flexibility index (Phi) is 16.2. The lowest BCUT2D eigenvalue weighted by Crippen LogP contribution is -2.35. The van der Waals surface area contributed by atoms with Crippen molar-refractivity contribution in [3.8, 4) is 45.5 Å². The average molecular weight is 735 g/mol. The van der Waals surface area contributed by atoms with Crippen LogP contribution in [0.15, 0.2) is 73.1 Å². The molecule has 4 rings (SSSR count). The predicted molar refractivity (Wildman–Crippen MR) is 196 cm³/mol. The predicted octanol–water partition coefficient (Wildman–Crippen LogP) is 5.21. The Bertz CT molecular complexity index is 1660. The van der Waals surface area contributed by atoms with Gasteiger partial charge in [-0.1, -0.05) is 0 Å². The molecule has 0 aliphatic rings. The van der Waals surface area contributed by atoms with Crippen molar-refractivity contribution in [1.29, 1.82) is 0 Å². The van der Waals surface area contributed by atoms with E-state index in [4.69, 9.17) is 38.0 Å². The number of rotatable bonds is 13. The maximum atomic E-state index is 9.19. The second kappa shape index (κ2) is 19.5. The maximum absolute atomic E-state index is 9.19. The fraction of sp³-hybridized carbons (Fsp3) is 0.353. The molecule has 2 aromatic carbocycles. The third-order valence-corrected chi connectivity index (χ3v) is 6.92. The van der Waals surface area contributed by atoms with Crippen LogP contribution in [0.3, 0.4) is 0 Å². The topological polar surface area (TPSA) is 178 Å². The first kappa shape index (κ1) is 41.5. The molecule has 274 valence electrons. The lowest BCUT2D eigenvalue weighted by molar-refractivity contribution is 0.394. The fourth-order valence-corrected chi connectivity index (χ4v) is 4.58. The number of ether oxygens (including phenoxy) is 4. The standard InChI is InChI=1S/C32H38N4O4.2CH4O3S/c1-7-35(25-9-11-31(33-21-25)23-15-27(37-3)19-28(16-23)38-4)13-14-36(8-2)26-10-12-32(34-22-26)24-17-29(39-5)20-30(18-24)40-6;2*1-5(2,3)4/h9-12,15-22H,7-8,13-14H2,1-6H3;2*1H3,(H,2,3,4). The van der Waals surface area contributed by atoms with Crippen molar-refractivity contribution in [3.05, 3.63) is 73.1 Å². The molecule has 0 aliphatic carbocycles. The molecule has 0 atom stereocenters. The van der Waals surface area contributed by atoms with E-state index in [9.17, 15) is 16.8 Å². The van der Waals surface area contributed by atoms with Gasteiger partial charge in [0.2, 0.25) is 0 Å². The first-order chi connectivity index (χ1) is 23.5. The van der Waals surface area contributed by atoms with Gasteiger partial charge in [-0.15, -0.1) is 0 Å². The summed E-state index contributed by atoms with van der Waals surface area (Å²) in [5, 5.41) is 0. The number of anilines is 2. The molecule has 0 unspecified atom stereocenters. The van der Waals surface area contributed by atoms with E-state index in [0.29, 0.717) is 12.5 Å². The summed E-state index contributed by atoms with van der Waals surface area (Å²) in [5.74, 6) is 2.95. The van der Waals surface area contributed by atoms with E-state index in [1.165, 1.54) is 0 Å². The molecule has 0 saturated heterocycles. The van der Waals surface area contributed by atoms with Crippen LogP contribution in [0.4, 0.5) is 11.4 Å². The average Bonchev–Trinajstić information content (AvgIpc) is 3.08. The highest BCUT2D eigenvalue weighted by Gasteiger charge is 2.12. The largest absolute Gasteiger partial charge is 0.497 e. The Balaban J connectivity index is 0.000000761. The number of methoxy groups -OCH3 is 4. The van der Waals surface area contributed by atoms with Crippen molar-refractivity contribution in [1.82, 2.24) is 9.97 Å². The third-order valence-electron chi connectivity index (χ3n) is 6.92. The van der Waals surface area contributed by atoms with E-state index in [-0.39, 0.29) is 0 Å². The summed E-state index contributed by atoms with van der Waals surface area (Å²) in [7, 11) is -0.737. The van der Waals surface area contributed by atoms with Crippen LogP contribution in [0.5, 0.6) is 23.0 Å². The van der Waals surface area contributed by atoms with Gasteiger partial charge in [0.15, 0.2) is 0 Å². The number of aromatic nitrogens is 2. The molecule has 4 aromatic rings. The summed E-state index contributed by atoms with van der Waals surface area (Å²) in [6, 6.07) is 19.9. The highest BCUT2D eigenvalue weighted by molar-refractivity contribution is 7.85. The van der Waals surface area contributed by atoms with Gasteiger partial charge in [-0.3, -0.25) is 19.1 Å². The number of nitrogens with zero attached hydrogens (tertiary/aromatic N) is 4. The zero-order valence-electron chi connectivity index (χ0n) is 29.5. The first-order valence-electron chi connectivity index (χ1n) is 15.3. The van der Waals surface area contributed by atoms with Crippen molar-refractivity contribution in [2.45, 2.75) is 13.8 Å². The van der Waals surface area contributed by atoms with Crippen molar-refractivity contribution in [3.63, 3.8) is 0 Å². The number of pyridine rings is 2. The van der Waals surface area contributed by atoms with E-state index in [2.05, 4.69) is 35.8 Å². The zero-order valence-corrected chi connectivity index (χ0v) is 31.2. The molecule has 50 heavy (non-hydrogen) atoms. The van der Waals surface area contributed by atoms with Gasteiger partial charge in [-0.25, -0.2) is 0 Å². The summed E-state index contributed by atoms with van der Waals surface area (Å²) in [6.45, 7) is 7.78. The summed E-state index contributed by atoms with van der Waals surface area (Å²) in [6.07, 6.45) is 5.29. The molecule has 0 spiro atoms. The van der Waals surface area contributed by atoms with E-state index in [0.717, 1.165) is 83.1 Å². The molecule has 0 aliphatic heterocycles. The summed E-state index contributed by atoms with van der Waals surface area (Å²) in [5.41, 5.74) is 5.80. The van der Waals surface area contributed by atoms with Crippen LogP contribution in [-0.4, -0.2) is 103 Å². The van der Waals surface area contributed by atoms with Gasteiger partial charge >= 0.3 is 0 Å². The van der Waals surface area contributed by atoms with Gasteiger partial charge in [0.05, 0.1) is 76.1 Å². The van der Waals surface area contributed by atoms with E-state index in [1.54, 1.807) is 28.4 Å². The minimum Gasteiger partial charge on any atom is -0.497 e. The Hall–Kier alpha value is -4.64. The molecule has 0 fully saturated rings.